The molecule has 0 spiro atoms. The van der Waals surface area contributed by atoms with E-state index in [0.29, 0.717) is 0 Å². The maximum atomic E-state index is 6.46. The zero-order chi connectivity index (χ0) is 35.3. The van der Waals surface area contributed by atoms with Gasteiger partial charge in [0.25, 0.3) is 0 Å². The molecule has 10 aromatic carbocycles. The van der Waals surface area contributed by atoms with Gasteiger partial charge < -0.3 is 8.83 Å². The Morgan fingerprint density at radius 2 is 0.815 bits per heavy atom. The van der Waals surface area contributed by atoms with E-state index in [9.17, 15) is 0 Å². The summed E-state index contributed by atoms with van der Waals surface area (Å²) < 4.78 is 12.8. The zero-order valence-corrected chi connectivity index (χ0v) is 29.1. The lowest BCUT2D eigenvalue weighted by Gasteiger charge is -2.19. The van der Waals surface area contributed by atoms with Crippen molar-refractivity contribution in [1.82, 2.24) is 0 Å². The predicted molar refractivity (Wildman–Crippen MR) is 234 cm³/mol. The molecule has 12 rings (SSSR count). The van der Waals surface area contributed by atoms with Crippen LogP contribution < -0.4 is 0 Å². The maximum absolute atomic E-state index is 6.46. The summed E-state index contributed by atoms with van der Waals surface area (Å²) in [6.07, 6.45) is 0. The van der Waals surface area contributed by atoms with Crippen molar-refractivity contribution in [3.8, 4) is 33.4 Å². The summed E-state index contributed by atoms with van der Waals surface area (Å²) >= 11 is 0. The average molecular weight is 693 g/mol. The SMILES string of the molecule is [HH].[HH].[HH].c1ccc(-c2c3ccccc3c(-c3ccc(-c4ccc5oc6cc7oc8ccc9ccccc9c8c7cc6c5c4)c4ccccc34)c3ccccc23)cc1. The van der Waals surface area contributed by atoms with E-state index in [1.807, 2.05) is 0 Å². The number of furan rings is 2. The van der Waals surface area contributed by atoms with Gasteiger partial charge in [-0.1, -0.05) is 152 Å². The Balaban J connectivity index is 0.00000141. The molecule has 2 nitrogen and oxygen atoms in total. The second-order valence-corrected chi connectivity index (χ2v) is 14.3. The molecule has 0 saturated carbocycles. The van der Waals surface area contributed by atoms with Crippen molar-refractivity contribution in [2.75, 3.05) is 0 Å². The van der Waals surface area contributed by atoms with Gasteiger partial charge in [-0.2, -0.15) is 0 Å². The normalized spacial score (nSPS) is 12.1. The Labute approximate surface area is 314 Å². The van der Waals surface area contributed by atoms with Crippen LogP contribution in [0.15, 0.2) is 191 Å². The van der Waals surface area contributed by atoms with Gasteiger partial charge in [-0.3, -0.25) is 0 Å². The van der Waals surface area contributed by atoms with Crippen LogP contribution in [0, 0.1) is 0 Å². The fraction of sp³-hybridized carbons (Fsp3) is 0. The minimum Gasteiger partial charge on any atom is -0.456 e. The van der Waals surface area contributed by atoms with E-state index < -0.39 is 0 Å². The van der Waals surface area contributed by atoms with Crippen LogP contribution in [0.1, 0.15) is 4.28 Å². The standard InChI is InChI=1S/C52H30O2.3H2/c1-2-13-32(14-3-1)50-38-18-8-10-20-40(38)51(41-21-11-9-19-39(41)50)42-25-24-34(36-16-6-7-17-37(36)42)33-23-26-46-43(28-33)44-29-45-49(30-48(44)53-46)54-47-27-22-31-12-4-5-15-35(31)52(45)47;;;/h1-30H;3*1H. The van der Waals surface area contributed by atoms with Gasteiger partial charge in [-0.25, -0.2) is 0 Å². The first-order chi connectivity index (χ1) is 26.8. The smallest absolute Gasteiger partial charge is 0.139 e. The fourth-order valence-corrected chi connectivity index (χ4v) is 9.09. The molecule has 0 N–H and O–H groups in total. The molecule has 0 atom stereocenters. The van der Waals surface area contributed by atoms with Gasteiger partial charge in [-0.15, -0.1) is 0 Å². The van der Waals surface area contributed by atoms with Crippen molar-refractivity contribution in [2.24, 2.45) is 0 Å². The number of rotatable bonds is 3. The molecular weight excluding hydrogens is 657 g/mol. The van der Waals surface area contributed by atoms with Crippen molar-refractivity contribution in [3.05, 3.63) is 182 Å². The van der Waals surface area contributed by atoms with Crippen molar-refractivity contribution in [2.45, 2.75) is 0 Å². The molecule has 0 bridgehead atoms. The first kappa shape index (κ1) is 29.4. The van der Waals surface area contributed by atoms with E-state index in [0.717, 1.165) is 49.4 Å². The van der Waals surface area contributed by atoms with Crippen LogP contribution in [-0.4, -0.2) is 0 Å². The van der Waals surface area contributed by atoms with E-state index in [1.165, 1.54) is 70.9 Å². The van der Waals surface area contributed by atoms with E-state index in [-0.39, 0.29) is 4.28 Å². The third kappa shape index (κ3) is 4.17. The molecule has 2 heterocycles. The van der Waals surface area contributed by atoms with Crippen LogP contribution in [0.3, 0.4) is 0 Å². The Morgan fingerprint density at radius 3 is 1.56 bits per heavy atom. The molecule has 2 heteroatoms. The summed E-state index contributed by atoms with van der Waals surface area (Å²) in [5.41, 5.74) is 10.8. The predicted octanol–water partition coefficient (Wildman–Crippen LogP) is 15.8. The van der Waals surface area contributed by atoms with Crippen molar-refractivity contribution < 1.29 is 13.1 Å². The summed E-state index contributed by atoms with van der Waals surface area (Å²) in [6, 6.07) is 65.7. The van der Waals surface area contributed by atoms with Crippen LogP contribution in [0.25, 0.3) is 120 Å². The third-order valence-electron chi connectivity index (χ3n) is 11.4. The summed E-state index contributed by atoms with van der Waals surface area (Å²) in [4.78, 5) is 0. The Bertz CT molecular complexity index is 3450. The topological polar surface area (TPSA) is 26.3 Å². The number of fused-ring (bicyclic) bond motifs is 11. The highest BCUT2D eigenvalue weighted by Crippen LogP contribution is 2.47. The minimum atomic E-state index is 0. The molecule has 0 fully saturated rings. The number of hydrogen-bond donors (Lipinski definition) is 0. The van der Waals surface area contributed by atoms with Gasteiger partial charge in [0.15, 0.2) is 0 Å². The fourth-order valence-electron chi connectivity index (χ4n) is 9.09. The molecule has 0 amide bonds. The number of benzene rings is 10. The van der Waals surface area contributed by atoms with Crippen molar-refractivity contribution >= 4 is 87.0 Å². The second kappa shape index (κ2) is 11.2. The van der Waals surface area contributed by atoms with E-state index in [1.54, 1.807) is 0 Å². The first-order valence-corrected chi connectivity index (χ1v) is 18.5. The van der Waals surface area contributed by atoms with Gasteiger partial charge in [0, 0.05) is 31.9 Å². The molecule has 0 aliphatic heterocycles. The highest BCUT2D eigenvalue weighted by atomic mass is 16.3. The van der Waals surface area contributed by atoms with Crippen LogP contribution in [-0.2, 0) is 0 Å². The van der Waals surface area contributed by atoms with Gasteiger partial charge in [-0.05, 0) is 101 Å². The molecule has 0 aliphatic rings. The van der Waals surface area contributed by atoms with Gasteiger partial charge in [0.05, 0.1) is 0 Å². The summed E-state index contributed by atoms with van der Waals surface area (Å²) in [7, 11) is 0. The van der Waals surface area contributed by atoms with Gasteiger partial charge >= 0.3 is 0 Å². The average Bonchev–Trinajstić information content (AvgIpc) is 3.79. The number of hydrogen-bond acceptors (Lipinski definition) is 2. The van der Waals surface area contributed by atoms with E-state index >= 15 is 0 Å². The van der Waals surface area contributed by atoms with Crippen LogP contribution in [0.4, 0.5) is 0 Å². The second-order valence-electron chi connectivity index (χ2n) is 14.3. The third-order valence-corrected chi connectivity index (χ3v) is 11.4. The van der Waals surface area contributed by atoms with Crippen molar-refractivity contribution in [3.63, 3.8) is 0 Å². The Hall–Kier alpha value is -7.16. The van der Waals surface area contributed by atoms with Crippen LogP contribution in [0.5, 0.6) is 0 Å². The molecule has 2 aromatic heterocycles. The van der Waals surface area contributed by atoms with E-state index in [4.69, 9.17) is 8.83 Å². The molecule has 0 aliphatic carbocycles. The molecule has 256 valence electrons. The van der Waals surface area contributed by atoms with Crippen molar-refractivity contribution in [1.29, 1.82) is 0 Å². The lowest BCUT2D eigenvalue weighted by Crippen LogP contribution is -1.92. The quantitative estimate of drug-likeness (QED) is 0.172. The Morgan fingerprint density at radius 1 is 0.278 bits per heavy atom. The molecule has 12 aromatic rings. The van der Waals surface area contributed by atoms with E-state index in [2.05, 4.69) is 182 Å². The van der Waals surface area contributed by atoms with Crippen LogP contribution in [0.2, 0.25) is 0 Å². The lowest BCUT2D eigenvalue weighted by atomic mass is 9.84. The highest BCUT2D eigenvalue weighted by Gasteiger charge is 2.20. The lowest BCUT2D eigenvalue weighted by molar-refractivity contribution is 0.656. The summed E-state index contributed by atoms with van der Waals surface area (Å²) in [6.45, 7) is 0. The molecule has 0 unspecified atom stereocenters. The zero-order valence-electron chi connectivity index (χ0n) is 29.1. The molecular formula is C52H36O2. The largest absolute Gasteiger partial charge is 0.456 e. The molecule has 0 radical (unpaired) electrons. The maximum Gasteiger partial charge on any atom is 0.139 e. The minimum absolute atomic E-state index is 0. The van der Waals surface area contributed by atoms with Gasteiger partial charge in [0.2, 0.25) is 0 Å². The molecule has 0 saturated heterocycles. The Kier molecular flexibility index (Phi) is 6.09. The monoisotopic (exact) mass is 692 g/mol. The van der Waals surface area contributed by atoms with Gasteiger partial charge in [0.1, 0.15) is 22.3 Å². The molecule has 54 heavy (non-hydrogen) atoms. The highest BCUT2D eigenvalue weighted by molar-refractivity contribution is 6.25. The summed E-state index contributed by atoms with van der Waals surface area (Å²) in [5.74, 6) is 0. The summed E-state index contributed by atoms with van der Waals surface area (Å²) in [5, 5.41) is 14.3. The first-order valence-electron chi connectivity index (χ1n) is 18.5. The van der Waals surface area contributed by atoms with Crippen LogP contribution >= 0.6 is 0 Å².